The van der Waals surface area contributed by atoms with Crippen molar-refractivity contribution < 1.29 is 4.42 Å². The molecule has 0 radical (unpaired) electrons. The van der Waals surface area contributed by atoms with Crippen LogP contribution in [0.5, 0.6) is 0 Å². The van der Waals surface area contributed by atoms with Gasteiger partial charge in [-0.25, -0.2) is 4.98 Å². The van der Waals surface area contributed by atoms with Crippen LogP contribution in [-0.4, -0.2) is 9.55 Å². The maximum absolute atomic E-state index is 6.51. The third-order valence-electron chi connectivity index (χ3n) is 10.5. The number of fused-ring (bicyclic) bond motifs is 12. The summed E-state index contributed by atoms with van der Waals surface area (Å²) in [5.41, 5.74) is 14.4. The Balaban J connectivity index is 1.16. The van der Waals surface area contributed by atoms with Crippen molar-refractivity contribution in [1.29, 1.82) is 0 Å². The van der Waals surface area contributed by atoms with E-state index in [-0.39, 0.29) is 0 Å². The molecule has 0 saturated heterocycles. The van der Waals surface area contributed by atoms with E-state index in [0.717, 1.165) is 72.0 Å². The van der Waals surface area contributed by atoms with Crippen molar-refractivity contribution in [3.8, 4) is 39.1 Å². The fourth-order valence-corrected chi connectivity index (χ4v) is 9.12. The standard InChI is InChI=1S/C49H30N2OS/c1-2-12-35(13-3-1)51-44-25-24-34(28-41(44)39-17-10-26-50-49(39)51)33-23-22-32-21-20-31-11-4-5-14-36(31)38-16-7-9-19-47(38)53-48-30-42-37-15-6-8-18-45(37)52-46(42)29-43(48)40(32)27-33/h1-30H. The molecule has 53 heavy (non-hydrogen) atoms. The molecular weight excluding hydrogens is 665 g/mol. The number of hydrogen-bond acceptors (Lipinski definition) is 3. The largest absolute Gasteiger partial charge is 0.456 e. The van der Waals surface area contributed by atoms with Crippen LogP contribution < -0.4 is 0 Å². The zero-order valence-electron chi connectivity index (χ0n) is 28.5. The van der Waals surface area contributed by atoms with Gasteiger partial charge in [0.05, 0.1) is 5.52 Å². The quantitative estimate of drug-likeness (QED) is 0.180. The van der Waals surface area contributed by atoms with Crippen molar-refractivity contribution in [1.82, 2.24) is 9.55 Å². The summed E-state index contributed by atoms with van der Waals surface area (Å²) in [7, 11) is 0. The van der Waals surface area contributed by atoms with Gasteiger partial charge in [-0.1, -0.05) is 121 Å². The molecule has 0 saturated carbocycles. The molecule has 1 aliphatic rings. The molecule has 0 atom stereocenters. The Hall–Kier alpha value is -6.62. The van der Waals surface area contributed by atoms with Gasteiger partial charge < -0.3 is 4.42 Å². The molecule has 248 valence electrons. The molecule has 0 fully saturated rings. The molecule has 3 aromatic heterocycles. The molecule has 0 N–H and O–H groups in total. The molecule has 0 bridgehead atoms. The van der Waals surface area contributed by atoms with Crippen LogP contribution in [-0.2, 0) is 0 Å². The van der Waals surface area contributed by atoms with Gasteiger partial charge in [0.1, 0.15) is 16.8 Å². The number of pyridine rings is 1. The predicted octanol–water partition coefficient (Wildman–Crippen LogP) is 13.7. The lowest BCUT2D eigenvalue weighted by Crippen LogP contribution is -1.94. The van der Waals surface area contributed by atoms with Gasteiger partial charge in [-0.15, -0.1) is 0 Å². The van der Waals surface area contributed by atoms with Crippen molar-refractivity contribution >= 4 is 67.8 Å². The summed E-state index contributed by atoms with van der Waals surface area (Å²) in [5, 5.41) is 4.57. The Morgan fingerprint density at radius 3 is 2.11 bits per heavy atom. The van der Waals surface area contributed by atoms with E-state index in [2.05, 4.69) is 168 Å². The highest BCUT2D eigenvalue weighted by atomic mass is 32.2. The third-order valence-corrected chi connectivity index (χ3v) is 11.6. The molecular formula is C49H30N2OS. The molecule has 4 heterocycles. The molecule has 3 nitrogen and oxygen atoms in total. The smallest absolute Gasteiger partial charge is 0.145 e. The zero-order chi connectivity index (χ0) is 34.9. The lowest BCUT2D eigenvalue weighted by atomic mass is 9.92. The van der Waals surface area contributed by atoms with E-state index >= 15 is 0 Å². The van der Waals surface area contributed by atoms with E-state index in [1.165, 1.54) is 31.9 Å². The Kier molecular flexibility index (Phi) is 6.79. The van der Waals surface area contributed by atoms with Crippen LogP contribution in [0, 0.1) is 0 Å². The molecule has 0 aliphatic carbocycles. The Bertz CT molecular complexity index is 3100. The highest BCUT2D eigenvalue weighted by Crippen LogP contribution is 2.47. The van der Waals surface area contributed by atoms with Gasteiger partial charge in [-0.2, -0.15) is 0 Å². The Morgan fingerprint density at radius 2 is 1.19 bits per heavy atom. The topological polar surface area (TPSA) is 31.0 Å². The van der Waals surface area contributed by atoms with Crippen molar-refractivity contribution in [2.45, 2.75) is 9.79 Å². The molecule has 0 unspecified atom stereocenters. The zero-order valence-corrected chi connectivity index (χ0v) is 29.3. The van der Waals surface area contributed by atoms with E-state index in [4.69, 9.17) is 9.40 Å². The average molecular weight is 695 g/mol. The van der Waals surface area contributed by atoms with Crippen LogP contribution in [0.4, 0.5) is 0 Å². The monoisotopic (exact) mass is 694 g/mol. The number of rotatable bonds is 2. The minimum absolute atomic E-state index is 0.889. The maximum Gasteiger partial charge on any atom is 0.145 e. The maximum atomic E-state index is 6.51. The van der Waals surface area contributed by atoms with Crippen molar-refractivity contribution in [2.75, 3.05) is 0 Å². The highest BCUT2D eigenvalue weighted by Gasteiger charge is 2.20. The fourth-order valence-electron chi connectivity index (χ4n) is 7.99. The van der Waals surface area contributed by atoms with Crippen LogP contribution in [0.15, 0.2) is 184 Å². The molecule has 0 amide bonds. The van der Waals surface area contributed by atoms with Crippen LogP contribution in [0.25, 0.3) is 95.1 Å². The summed E-state index contributed by atoms with van der Waals surface area (Å²) in [6, 6.07) is 58.8. The summed E-state index contributed by atoms with van der Waals surface area (Å²) in [6.45, 7) is 0. The van der Waals surface area contributed by atoms with Gasteiger partial charge in [-0.05, 0) is 111 Å². The average Bonchev–Trinajstić information content (AvgIpc) is 3.74. The number of para-hydroxylation sites is 2. The van der Waals surface area contributed by atoms with E-state index in [9.17, 15) is 0 Å². The molecule has 0 spiro atoms. The molecule has 1 aliphatic heterocycles. The van der Waals surface area contributed by atoms with E-state index < -0.39 is 0 Å². The summed E-state index contributed by atoms with van der Waals surface area (Å²) in [6.07, 6.45) is 6.41. The summed E-state index contributed by atoms with van der Waals surface area (Å²) in [4.78, 5) is 7.25. The van der Waals surface area contributed by atoms with Gasteiger partial charge in [0.15, 0.2) is 0 Å². The van der Waals surface area contributed by atoms with Crippen molar-refractivity contribution in [2.24, 2.45) is 0 Å². The number of furan rings is 1. The SMILES string of the molecule is C1=Cc2ccc(-c3ccc4c(c3)c3cccnc3n4-c3ccccc3)cc2-c2cc3oc4ccccc4c3cc2Sc2ccccc2-c2ccccc21. The van der Waals surface area contributed by atoms with Gasteiger partial charge in [0.2, 0.25) is 0 Å². The molecule has 4 heteroatoms. The predicted molar refractivity (Wildman–Crippen MR) is 222 cm³/mol. The van der Waals surface area contributed by atoms with Crippen LogP contribution in [0.1, 0.15) is 11.1 Å². The second-order valence-corrected chi connectivity index (χ2v) is 14.6. The number of aromatic nitrogens is 2. The number of hydrogen-bond donors (Lipinski definition) is 0. The summed E-state index contributed by atoms with van der Waals surface area (Å²) >= 11 is 1.83. The minimum atomic E-state index is 0.889. The lowest BCUT2D eigenvalue weighted by molar-refractivity contribution is 0.669. The van der Waals surface area contributed by atoms with Gasteiger partial charge >= 0.3 is 0 Å². The fraction of sp³-hybridized carbons (Fsp3) is 0. The van der Waals surface area contributed by atoms with Crippen LogP contribution >= 0.6 is 11.8 Å². The van der Waals surface area contributed by atoms with E-state index in [1.54, 1.807) is 0 Å². The van der Waals surface area contributed by atoms with Gasteiger partial charge in [0, 0.05) is 43.2 Å². The minimum Gasteiger partial charge on any atom is -0.456 e. The van der Waals surface area contributed by atoms with Crippen molar-refractivity contribution in [3.05, 3.63) is 181 Å². The van der Waals surface area contributed by atoms with Gasteiger partial charge in [0.25, 0.3) is 0 Å². The second-order valence-electron chi connectivity index (χ2n) is 13.5. The first-order chi connectivity index (χ1) is 26.3. The lowest BCUT2D eigenvalue weighted by Gasteiger charge is -2.16. The van der Waals surface area contributed by atoms with Crippen LogP contribution in [0.2, 0.25) is 0 Å². The molecule has 10 aromatic rings. The van der Waals surface area contributed by atoms with E-state index in [0.29, 0.717) is 0 Å². The molecule has 11 rings (SSSR count). The van der Waals surface area contributed by atoms with Crippen molar-refractivity contribution in [3.63, 3.8) is 0 Å². The number of benzene rings is 7. The van der Waals surface area contributed by atoms with E-state index in [1.807, 2.05) is 30.1 Å². The Labute approximate surface area is 310 Å². The summed E-state index contributed by atoms with van der Waals surface area (Å²) in [5.74, 6) is 0. The summed E-state index contributed by atoms with van der Waals surface area (Å²) < 4.78 is 8.77. The molecule has 7 aromatic carbocycles. The normalized spacial score (nSPS) is 12.4. The first-order valence-electron chi connectivity index (χ1n) is 17.9. The number of nitrogens with zero attached hydrogens (tertiary/aromatic N) is 2. The first-order valence-corrected chi connectivity index (χ1v) is 18.7. The third kappa shape index (κ3) is 4.87. The second kappa shape index (κ2) is 12.0. The first kappa shape index (κ1) is 30.0. The Morgan fingerprint density at radius 1 is 0.453 bits per heavy atom. The van der Waals surface area contributed by atoms with Crippen LogP contribution in [0.3, 0.4) is 0 Å². The van der Waals surface area contributed by atoms with Gasteiger partial charge in [-0.3, -0.25) is 4.57 Å². The highest BCUT2D eigenvalue weighted by molar-refractivity contribution is 7.99.